The van der Waals surface area contributed by atoms with E-state index in [1.165, 1.54) is 53.6 Å². The number of nitrogens with one attached hydrogen (secondary N) is 1. The maximum atomic E-state index is 14.4. The summed E-state index contributed by atoms with van der Waals surface area (Å²) in [5.41, 5.74) is 0.540. The first-order valence-electron chi connectivity index (χ1n) is 13.9. The standard InChI is InChI=1S/C32H24ClF2N7O3/c33-26-4-2-1-3-25(26)30(31(45)40-22-14-32(34,35)15-22)42(24-10-20(17-37)9-21(11-24)18-38)29(44)13-23-5-6-28(43)41(23)27-12-19(16-36)7-8-39-27/h1-4,7-12,22-23,30H,5-6,13-15H2,(H,40,45)/t23-,30-/m0/s1. The molecule has 1 aliphatic carbocycles. The predicted molar refractivity (Wildman–Crippen MR) is 158 cm³/mol. The van der Waals surface area contributed by atoms with E-state index in [0.29, 0.717) is 0 Å². The van der Waals surface area contributed by atoms with E-state index in [1.807, 2.05) is 18.2 Å². The van der Waals surface area contributed by atoms with Gasteiger partial charge in [-0.1, -0.05) is 29.8 Å². The number of carbonyl (C=O) groups is 3. The van der Waals surface area contributed by atoms with Gasteiger partial charge >= 0.3 is 0 Å². The molecule has 1 aromatic heterocycles. The largest absolute Gasteiger partial charge is 0.351 e. The Morgan fingerprint density at radius 3 is 2.33 bits per heavy atom. The molecule has 3 amide bonds. The van der Waals surface area contributed by atoms with Crippen molar-refractivity contribution in [3.8, 4) is 18.2 Å². The van der Waals surface area contributed by atoms with Gasteiger partial charge < -0.3 is 5.32 Å². The fourth-order valence-corrected chi connectivity index (χ4v) is 5.86. The van der Waals surface area contributed by atoms with Crippen LogP contribution in [0.5, 0.6) is 0 Å². The van der Waals surface area contributed by atoms with Crippen molar-refractivity contribution < 1.29 is 23.2 Å². The summed E-state index contributed by atoms with van der Waals surface area (Å²) in [6.45, 7) is 0. The van der Waals surface area contributed by atoms with E-state index in [9.17, 15) is 39.0 Å². The molecule has 2 fully saturated rings. The van der Waals surface area contributed by atoms with E-state index in [-0.39, 0.29) is 64.0 Å². The van der Waals surface area contributed by atoms with Crippen LogP contribution in [-0.4, -0.2) is 40.7 Å². The van der Waals surface area contributed by atoms with Crippen LogP contribution in [0.2, 0.25) is 5.02 Å². The number of aromatic nitrogens is 1. The van der Waals surface area contributed by atoms with Gasteiger partial charge in [-0.3, -0.25) is 24.2 Å². The monoisotopic (exact) mass is 627 g/mol. The van der Waals surface area contributed by atoms with Crippen LogP contribution in [-0.2, 0) is 14.4 Å². The molecule has 5 rings (SSSR count). The molecule has 0 radical (unpaired) electrons. The van der Waals surface area contributed by atoms with Gasteiger partial charge in [-0.05, 0) is 42.8 Å². The molecule has 2 aliphatic rings. The number of anilines is 2. The molecule has 2 atom stereocenters. The van der Waals surface area contributed by atoms with E-state index in [4.69, 9.17) is 11.6 Å². The third-order valence-corrected chi connectivity index (χ3v) is 8.07. The van der Waals surface area contributed by atoms with Gasteiger partial charge in [-0.2, -0.15) is 15.8 Å². The van der Waals surface area contributed by atoms with Crippen LogP contribution < -0.4 is 15.1 Å². The topological polar surface area (TPSA) is 154 Å². The molecule has 226 valence electrons. The lowest BCUT2D eigenvalue weighted by Gasteiger charge is -2.38. The second-order valence-electron chi connectivity index (χ2n) is 10.8. The van der Waals surface area contributed by atoms with Crippen molar-refractivity contribution in [3.63, 3.8) is 0 Å². The summed E-state index contributed by atoms with van der Waals surface area (Å²) >= 11 is 6.54. The average molecular weight is 628 g/mol. The molecule has 45 heavy (non-hydrogen) atoms. The van der Waals surface area contributed by atoms with Gasteiger partial charge in [0.05, 0.1) is 34.9 Å². The first kappa shape index (κ1) is 31.1. The number of halogens is 3. The number of hydrogen-bond donors (Lipinski definition) is 1. The highest BCUT2D eigenvalue weighted by Crippen LogP contribution is 2.39. The zero-order valence-electron chi connectivity index (χ0n) is 23.6. The maximum Gasteiger partial charge on any atom is 0.252 e. The third kappa shape index (κ3) is 6.59. The highest BCUT2D eigenvalue weighted by atomic mass is 35.5. The summed E-state index contributed by atoms with van der Waals surface area (Å²) < 4.78 is 27.4. The van der Waals surface area contributed by atoms with Gasteiger partial charge in [0, 0.05) is 60.2 Å². The fraction of sp³-hybridized carbons (Fsp3) is 0.281. The molecule has 13 heteroatoms. The van der Waals surface area contributed by atoms with E-state index >= 15 is 0 Å². The summed E-state index contributed by atoms with van der Waals surface area (Å²) in [5, 5.41) is 31.4. The summed E-state index contributed by atoms with van der Waals surface area (Å²) in [5.74, 6) is -4.52. The number of carbonyl (C=O) groups excluding carboxylic acids is 3. The number of benzene rings is 2. The van der Waals surface area contributed by atoms with Crippen LogP contribution in [0.3, 0.4) is 0 Å². The van der Waals surface area contributed by atoms with Crippen LogP contribution in [0.15, 0.2) is 60.8 Å². The molecule has 1 N–H and O–H groups in total. The van der Waals surface area contributed by atoms with Crippen molar-refractivity contribution in [1.82, 2.24) is 10.3 Å². The van der Waals surface area contributed by atoms with E-state index in [0.717, 1.165) is 4.90 Å². The number of rotatable bonds is 8. The Hall–Kier alpha value is -5.38. The minimum atomic E-state index is -2.93. The summed E-state index contributed by atoms with van der Waals surface area (Å²) in [6.07, 6.45) is 0.278. The Kier molecular flexibility index (Phi) is 8.76. The molecule has 3 aromatic rings. The second-order valence-corrected chi connectivity index (χ2v) is 11.2. The van der Waals surface area contributed by atoms with Crippen molar-refractivity contribution >= 4 is 40.8 Å². The Morgan fingerprint density at radius 2 is 1.71 bits per heavy atom. The first-order chi connectivity index (χ1) is 21.5. The molecule has 10 nitrogen and oxygen atoms in total. The van der Waals surface area contributed by atoms with Gasteiger partial charge in [0.15, 0.2) is 0 Å². The molecule has 1 saturated carbocycles. The smallest absolute Gasteiger partial charge is 0.252 e. The molecule has 2 aromatic carbocycles. The van der Waals surface area contributed by atoms with Crippen molar-refractivity contribution in [1.29, 1.82) is 15.8 Å². The number of alkyl halides is 2. The number of nitrogens with zero attached hydrogens (tertiary/aromatic N) is 6. The highest BCUT2D eigenvalue weighted by Gasteiger charge is 2.47. The van der Waals surface area contributed by atoms with Crippen molar-refractivity contribution in [2.45, 2.75) is 56.2 Å². The summed E-state index contributed by atoms with van der Waals surface area (Å²) in [6, 6.07) is 16.0. The van der Waals surface area contributed by atoms with Gasteiger partial charge in [-0.15, -0.1) is 0 Å². The van der Waals surface area contributed by atoms with Gasteiger partial charge in [0.1, 0.15) is 11.9 Å². The average Bonchev–Trinajstić information content (AvgIpc) is 3.38. The first-order valence-corrected chi connectivity index (χ1v) is 14.3. The minimum Gasteiger partial charge on any atom is -0.351 e. The number of pyridine rings is 1. The van der Waals surface area contributed by atoms with E-state index in [2.05, 4.69) is 10.3 Å². The molecule has 0 unspecified atom stereocenters. The van der Waals surface area contributed by atoms with Crippen LogP contribution in [0.4, 0.5) is 20.3 Å². The molecular weight excluding hydrogens is 604 g/mol. The fourth-order valence-electron chi connectivity index (χ4n) is 5.63. The molecule has 2 heterocycles. The summed E-state index contributed by atoms with van der Waals surface area (Å²) in [7, 11) is 0. The van der Waals surface area contributed by atoms with Crippen LogP contribution >= 0.6 is 11.6 Å². The maximum absolute atomic E-state index is 14.4. The van der Waals surface area contributed by atoms with E-state index < -0.39 is 48.7 Å². The number of hydrogen-bond acceptors (Lipinski definition) is 7. The van der Waals surface area contributed by atoms with E-state index in [1.54, 1.807) is 12.1 Å². The van der Waals surface area contributed by atoms with Crippen LogP contribution in [0, 0.1) is 34.0 Å². The minimum absolute atomic E-state index is 0.0232. The Labute approximate surface area is 262 Å². The Bertz CT molecular complexity index is 1770. The van der Waals surface area contributed by atoms with Crippen LogP contribution in [0.1, 0.15) is 60.4 Å². The molecule has 1 aliphatic heterocycles. The zero-order valence-corrected chi connectivity index (χ0v) is 24.3. The Balaban J connectivity index is 1.59. The normalized spacial score (nSPS) is 17.7. The lowest BCUT2D eigenvalue weighted by atomic mass is 9.87. The SMILES string of the molecule is N#Cc1cc(C#N)cc(N(C(=O)C[C@@H]2CCC(=O)N2c2cc(C#N)ccn2)[C@H](C(=O)NC2CC(F)(F)C2)c2ccccc2Cl)c1. The lowest BCUT2D eigenvalue weighted by molar-refractivity contribution is -0.133. The van der Waals surface area contributed by atoms with Gasteiger partial charge in [0.2, 0.25) is 17.7 Å². The van der Waals surface area contributed by atoms with Gasteiger partial charge in [0.25, 0.3) is 5.92 Å². The summed E-state index contributed by atoms with van der Waals surface area (Å²) in [4.78, 5) is 48.0. The van der Waals surface area contributed by atoms with Crippen LogP contribution in [0.25, 0.3) is 0 Å². The van der Waals surface area contributed by atoms with Gasteiger partial charge in [-0.25, -0.2) is 13.8 Å². The van der Waals surface area contributed by atoms with Crippen molar-refractivity contribution in [2.24, 2.45) is 0 Å². The lowest BCUT2D eigenvalue weighted by Crippen LogP contribution is -2.54. The number of amides is 3. The molecule has 0 spiro atoms. The highest BCUT2D eigenvalue weighted by molar-refractivity contribution is 6.31. The van der Waals surface area contributed by atoms with Crippen molar-refractivity contribution in [3.05, 3.63) is 88.1 Å². The number of nitriles is 3. The second kappa shape index (κ2) is 12.7. The third-order valence-electron chi connectivity index (χ3n) is 7.72. The Morgan fingerprint density at radius 1 is 1.04 bits per heavy atom. The predicted octanol–water partition coefficient (Wildman–Crippen LogP) is 4.92. The molecule has 1 saturated heterocycles. The molecule has 0 bridgehead atoms. The van der Waals surface area contributed by atoms with Crippen molar-refractivity contribution in [2.75, 3.05) is 9.80 Å². The zero-order chi connectivity index (χ0) is 32.3. The molecular formula is C32H24ClF2N7O3. The quantitative estimate of drug-likeness (QED) is 0.372.